The number of fused-ring (bicyclic) bond motifs is 6. The Hall–Kier alpha value is -5.80. The molecule has 1 aromatic heterocycles. The summed E-state index contributed by atoms with van der Waals surface area (Å²) in [5.74, 6) is 0. The average molecular weight is 578 g/mol. The molecule has 6 aromatic carbocycles. The zero-order valence-corrected chi connectivity index (χ0v) is 24.7. The van der Waals surface area contributed by atoms with E-state index < -0.39 is 0 Å². The van der Waals surface area contributed by atoms with Gasteiger partial charge in [-0.3, -0.25) is 0 Å². The van der Waals surface area contributed by atoms with E-state index >= 15 is 0 Å². The molecule has 0 amide bonds. The molecule has 0 fully saturated rings. The number of para-hydroxylation sites is 1. The fourth-order valence-corrected chi connectivity index (χ4v) is 7.09. The van der Waals surface area contributed by atoms with Crippen LogP contribution in [0, 0.1) is 0 Å². The maximum absolute atomic E-state index is 3.90. The van der Waals surface area contributed by atoms with Gasteiger partial charge in [-0.15, -0.1) is 0 Å². The number of benzene rings is 6. The van der Waals surface area contributed by atoms with Crippen LogP contribution in [0.15, 0.2) is 164 Å². The van der Waals surface area contributed by atoms with E-state index in [9.17, 15) is 0 Å². The van der Waals surface area contributed by atoms with E-state index in [-0.39, 0.29) is 12.1 Å². The van der Waals surface area contributed by atoms with Crippen molar-refractivity contribution in [1.29, 1.82) is 0 Å². The van der Waals surface area contributed by atoms with Crippen molar-refractivity contribution in [3.05, 3.63) is 181 Å². The maximum Gasteiger partial charge on any atom is 0.0692 e. The van der Waals surface area contributed by atoms with Crippen molar-refractivity contribution in [2.24, 2.45) is 0 Å². The molecule has 3 nitrogen and oxygen atoms in total. The van der Waals surface area contributed by atoms with Gasteiger partial charge in [-0.2, -0.15) is 0 Å². The molecule has 2 N–H and O–H groups in total. The predicted molar refractivity (Wildman–Crippen MR) is 189 cm³/mol. The summed E-state index contributed by atoms with van der Waals surface area (Å²) in [6, 6.07) is 52.5. The molecule has 0 saturated carbocycles. The van der Waals surface area contributed by atoms with Gasteiger partial charge in [-0.25, -0.2) is 0 Å². The van der Waals surface area contributed by atoms with Gasteiger partial charge in [0, 0.05) is 21.8 Å². The minimum absolute atomic E-state index is 0.121. The highest BCUT2D eigenvalue weighted by Gasteiger charge is 2.30. The van der Waals surface area contributed by atoms with Gasteiger partial charge in [-0.05, 0) is 45.8 Å². The number of nitrogens with zero attached hydrogens (tertiary/aromatic N) is 1. The Kier molecular flexibility index (Phi) is 5.95. The molecule has 3 heteroatoms. The molecule has 2 atom stereocenters. The fraction of sp³-hybridized carbons (Fsp3) is 0.0476. The monoisotopic (exact) mass is 577 g/mol. The normalized spacial score (nSPS) is 17.6. The highest BCUT2D eigenvalue weighted by Crippen LogP contribution is 2.37. The van der Waals surface area contributed by atoms with E-state index in [4.69, 9.17) is 0 Å². The molecule has 0 saturated heterocycles. The smallest absolute Gasteiger partial charge is 0.0692 e. The summed E-state index contributed by atoms with van der Waals surface area (Å²) >= 11 is 0. The van der Waals surface area contributed by atoms with Gasteiger partial charge in [0.25, 0.3) is 0 Å². The first-order chi connectivity index (χ1) is 22.3. The molecule has 0 spiro atoms. The average Bonchev–Trinajstić information content (AvgIpc) is 3.46. The molecule has 2 aliphatic rings. The van der Waals surface area contributed by atoms with E-state index in [0.29, 0.717) is 0 Å². The van der Waals surface area contributed by atoms with Crippen LogP contribution in [-0.4, -0.2) is 16.7 Å². The number of hydrogen-bond donors (Lipinski definition) is 2. The molecular formula is C42H31N3. The molecule has 2 unspecified atom stereocenters. The van der Waals surface area contributed by atoms with Crippen molar-refractivity contribution in [2.45, 2.75) is 12.1 Å². The van der Waals surface area contributed by atoms with Gasteiger partial charge in [-0.1, -0.05) is 146 Å². The van der Waals surface area contributed by atoms with Crippen molar-refractivity contribution < 1.29 is 0 Å². The zero-order valence-electron chi connectivity index (χ0n) is 24.7. The van der Waals surface area contributed by atoms with Crippen LogP contribution in [0.25, 0.3) is 55.2 Å². The second kappa shape index (κ2) is 10.4. The van der Waals surface area contributed by atoms with Crippen LogP contribution in [0.5, 0.6) is 0 Å². The van der Waals surface area contributed by atoms with Crippen LogP contribution in [0.2, 0.25) is 0 Å². The Morgan fingerprint density at radius 2 is 1.09 bits per heavy atom. The van der Waals surface area contributed by atoms with E-state index in [2.05, 4.69) is 179 Å². The number of nitrogens with one attached hydrogen (secondary N) is 2. The van der Waals surface area contributed by atoms with Gasteiger partial charge in [0.1, 0.15) is 0 Å². The number of aromatic nitrogens is 1. The molecule has 0 radical (unpaired) electrons. The molecule has 0 bridgehead atoms. The van der Waals surface area contributed by atoms with E-state index in [0.717, 1.165) is 11.4 Å². The van der Waals surface area contributed by atoms with Crippen molar-refractivity contribution in [2.75, 3.05) is 0 Å². The van der Waals surface area contributed by atoms with Gasteiger partial charge >= 0.3 is 0 Å². The largest absolute Gasteiger partial charge is 0.374 e. The van der Waals surface area contributed by atoms with E-state index in [1.807, 2.05) is 0 Å². The SMILES string of the molecule is C1=CC2NC(c3ccccc3)=C(c3ccccc3)NC2C=C1c1ccc(-n2c3ccccc3c3ccc4ccccc4c32)cc1. The molecule has 2 heterocycles. The molecule has 1 aliphatic heterocycles. The van der Waals surface area contributed by atoms with E-state index in [1.165, 1.54) is 60.5 Å². The lowest BCUT2D eigenvalue weighted by Crippen LogP contribution is -2.50. The first-order valence-corrected chi connectivity index (χ1v) is 15.6. The first-order valence-electron chi connectivity index (χ1n) is 15.6. The lowest BCUT2D eigenvalue weighted by molar-refractivity contribution is 0.557. The van der Waals surface area contributed by atoms with Gasteiger partial charge < -0.3 is 15.2 Å². The maximum atomic E-state index is 3.90. The first kappa shape index (κ1) is 25.7. The topological polar surface area (TPSA) is 29.0 Å². The Balaban J connectivity index is 1.10. The molecule has 214 valence electrons. The van der Waals surface area contributed by atoms with Crippen molar-refractivity contribution in [3.8, 4) is 5.69 Å². The molecule has 45 heavy (non-hydrogen) atoms. The Labute approximate surface area is 262 Å². The minimum Gasteiger partial charge on any atom is -0.374 e. The summed E-state index contributed by atoms with van der Waals surface area (Å²) in [6.07, 6.45) is 6.92. The van der Waals surface area contributed by atoms with Crippen LogP contribution in [0.3, 0.4) is 0 Å². The minimum atomic E-state index is 0.121. The lowest BCUT2D eigenvalue weighted by Gasteiger charge is -2.37. The molecule has 9 rings (SSSR count). The molecule has 1 aliphatic carbocycles. The second-order valence-electron chi connectivity index (χ2n) is 11.9. The summed E-state index contributed by atoms with van der Waals surface area (Å²) in [5, 5.41) is 12.8. The van der Waals surface area contributed by atoms with Crippen LogP contribution in [0.1, 0.15) is 16.7 Å². The summed E-state index contributed by atoms with van der Waals surface area (Å²) in [4.78, 5) is 0. The van der Waals surface area contributed by atoms with Crippen LogP contribution in [-0.2, 0) is 0 Å². The summed E-state index contributed by atoms with van der Waals surface area (Å²) < 4.78 is 2.42. The highest BCUT2D eigenvalue weighted by atomic mass is 15.1. The fourth-order valence-electron chi connectivity index (χ4n) is 7.09. The summed E-state index contributed by atoms with van der Waals surface area (Å²) in [6.45, 7) is 0. The van der Waals surface area contributed by atoms with Gasteiger partial charge in [0.15, 0.2) is 0 Å². The van der Waals surface area contributed by atoms with Crippen LogP contribution < -0.4 is 10.6 Å². The number of hydrogen-bond acceptors (Lipinski definition) is 2. The summed E-state index contributed by atoms with van der Waals surface area (Å²) in [7, 11) is 0. The Morgan fingerprint density at radius 1 is 0.467 bits per heavy atom. The van der Waals surface area contributed by atoms with Crippen molar-refractivity contribution in [3.63, 3.8) is 0 Å². The van der Waals surface area contributed by atoms with Crippen LogP contribution >= 0.6 is 0 Å². The highest BCUT2D eigenvalue weighted by molar-refractivity contribution is 6.18. The van der Waals surface area contributed by atoms with E-state index in [1.54, 1.807) is 0 Å². The van der Waals surface area contributed by atoms with Gasteiger partial charge in [0.2, 0.25) is 0 Å². The predicted octanol–water partition coefficient (Wildman–Crippen LogP) is 9.35. The standard InChI is InChI=1S/C42H31N3/c1-3-12-30(13-4-1)40-41(31-14-5-2-6-15-31)44-38-27-32(22-26-37(38)43-40)28-19-23-33(24-20-28)45-39-18-10-9-17-35(39)36-25-21-29-11-7-8-16-34(29)42(36)45/h1-27,37-38,43-44H. The van der Waals surface area contributed by atoms with Gasteiger partial charge in [0.05, 0.1) is 34.5 Å². The zero-order chi connectivity index (χ0) is 29.7. The van der Waals surface area contributed by atoms with Crippen LogP contribution in [0.4, 0.5) is 0 Å². The third-order valence-corrected chi connectivity index (χ3v) is 9.24. The van der Waals surface area contributed by atoms with Crippen molar-refractivity contribution >= 4 is 49.5 Å². The van der Waals surface area contributed by atoms with Crippen molar-refractivity contribution in [1.82, 2.24) is 15.2 Å². The molecule has 7 aromatic rings. The number of rotatable bonds is 4. The second-order valence-corrected chi connectivity index (χ2v) is 11.9. The quantitative estimate of drug-likeness (QED) is 0.218. The number of allylic oxidation sites excluding steroid dienone is 2. The third-order valence-electron chi connectivity index (χ3n) is 9.24. The third kappa shape index (κ3) is 4.28. The Morgan fingerprint density at radius 3 is 1.82 bits per heavy atom. The Bertz CT molecular complexity index is 2310. The molecular weight excluding hydrogens is 546 g/mol. The summed E-state index contributed by atoms with van der Waals surface area (Å²) in [5.41, 5.74) is 10.7. The lowest BCUT2D eigenvalue weighted by atomic mass is 9.90.